The highest BCUT2D eigenvalue weighted by molar-refractivity contribution is 8.14. The van der Waals surface area contributed by atoms with Gasteiger partial charge in [0.05, 0.1) is 5.36 Å². The van der Waals surface area contributed by atoms with Gasteiger partial charge in [0.1, 0.15) is 6.04 Å². The number of hydrogen-bond donors (Lipinski definition) is 0. The van der Waals surface area contributed by atoms with Crippen molar-refractivity contribution >= 4 is 22.5 Å². The van der Waals surface area contributed by atoms with Crippen LogP contribution in [-0.2, 0) is 4.79 Å². The fraction of sp³-hybridized carbons (Fsp3) is 0.200. The Labute approximate surface area is 79.4 Å². The second-order valence-electron chi connectivity index (χ2n) is 3.18. The minimum absolute atomic E-state index is 0.164. The van der Waals surface area contributed by atoms with Gasteiger partial charge in [-0.1, -0.05) is 30.0 Å². The first-order chi connectivity index (χ1) is 6.36. The maximum absolute atomic E-state index is 11.4. The lowest BCUT2D eigenvalue weighted by atomic mass is 10.1. The van der Waals surface area contributed by atoms with E-state index in [9.17, 15) is 4.79 Å². The van der Waals surface area contributed by atoms with E-state index in [2.05, 4.69) is 4.99 Å². The van der Waals surface area contributed by atoms with Crippen LogP contribution in [0.4, 0.5) is 0 Å². The molecule has 0 aliphatic carbocycles. The van der Waals surface area contributed by atoms with Crippen molar-refractivity contribution in [2.75, 3.05) is 5.75 Å². The molecule has 1 fully saturated rings. The van der Waals surface area contributed by atoms with Crippen LogP contribution in [0.1, 0.15) is 0 Å². The molecule has 0 spiro atoms. The van der Waals surface area contributed by atoms with Crippen molar-refractivity contribution in [3.8, 4) is 0 Å². The number of carbonyl (C=O) groups is 1. The summed E-state index contributed by atoms with van der Waals surface area (Å²) >= 11 is 1.38. The molecule has 2 heterocycles. The van der Waals surface area contributed by atoms with Gasteiger partial charge in [0, 0.05) is 11.0 Å². The SMILES string of the molecule is O=C1SCC2=c3ccccc3=NC12. The maximum Gasteiger partial charge on any atom is 0.218 e. The van der Waals surface area contributed by atoms with E-state index in [1.54, 1.807) is 0 Å². The van der Waals surface area contributed by atoms with Crippen molar-refractivity contribution in [2.45, 2.75) is 6.04 Å². The summed E-state index contributed by atoms with van der Waals surface area (Å²) in [6.07, 6.45) is 0. The Bertz CT molecular complexity index is 506. The Morgan fingerprint density at radius 2 is 2.23 bits per heavy atom. The van der Waals surface area contributed by atoms with E-state index >= 15 is 0 Å². The van der Waals surface area contributed by atoms with E-state index in [0.29, 0.717) is 0 Å². The van der Waals surface area contributed by atoms with Gasteiger partial charge in [0.25, 0.3) is 0 Å². The molecule has 0 aromatic heterocycles. The number of fused-ring (bicyclic) bond motifs is 2. The average Bonchev–Trinajstić information content (AvgIpc) is 2.67. The second-order valence-corrected chi connectivity index (χ2v) is 4.16. The van der Waals surface area contributed by atoms with Crippen LogP contribution in [0.3, 0.4) is 0 Å². The van der Waals surface area contributed by atoms with Crippen molar-refractivity contribution in [1.82, 2.24) is 0 Å². The number of thioether (sulfide) groups is 1. The number of rotatable bonds is 0. The van der Waals surface area contributed by atoms with Crippen molar-refractivity contribution in [3.63, 3.8) is 0 Å². The maximum atomic E-state index is 11.4. The average molecular weight is 189 g/mol. The highest BCUT2D eigenvalue weighted by Crippen LogP contribution is 2.28. The van der Waals surface area contributed by atoms with Crippen LogP contribution >= 0.6 is 11.8 Å². The van der Waals surface area contributed by atoms with E-state index < -0.39 is 0 Å². The fourth-order valence-corrected chi connectivity index (χ4v) is 2.77. The third-order valence-corrected chi connectivity index (χ3v) is 3.40. The molecule has 1 unspecified atom stereocenters. The van der Waals surface area contributed by atoms with E-state index in [4.69, 9.17) is 0 Å². The van der Waals surface area contributed by atoms with Gasteiger partial charge in [0.15, 0.2) is 0 Å². The van der Waals surface area contributed by atoms with Gasteiger partial charge in [-0.2, -0.15) is 0 Å². The largest absolute Gasteiger partial charge is 0.284 e. The molecule has 64 valence electrons. The van der Waals surface area contributed by atoms with Gasteiger partial charge in [-0.25, -0.2) is 0 Å². The summed E-state index contributed by atoms with van der Waals surface area (Å²) < 4.78 is 0. The van der Waals surface area contributed by atoms with Crippen LogP contribution < -0.4 is 10.6 Å². The standard InChI is InChI=1S/C10H7NOS/c12-10-9-7(5-13-10)6-3-1-2-4-8(6)11-9/h1-4,9H,5H2. The molecule has 13 heavy (non-hydrogen) atoms. The topological polar surface area (TPSA) is 29.4 Å². The van der Waals surface area contributed by atoms with E-state index in [-0.39, 0.29) is 11.2 Å². The number of nitrogens with zero attached hydrogens (tertiary/aromatic N) is 1. The monoisotopic (exact) mass is 189 g/mol. The van der Waals surface area contributed by atoms with Crippen molar-refractivity contribution in [1.29, 1.82) is 0 Å². The minimum atomic E-state index is -0.164. The summed E-state index contributed by atoms with van der Waals surface area (Å²) in [7, 11) is 0. The molecule has 0 N–H and O–H groups in total. The van der Waals surface area contributed by atoms with Crippen LogP contribution in [0.5, 0.6) is 0 Å². The Balaban J connectivity index is 2.40. The summed E-state index contributed by atoms with van der Waals surface area (Å²) in [6, 6.07) is 7.81. The lowest BCUT2D eigenvalue weighted by Gasteiger charge is -1.94. The number of carbonyl (C=O) groups excluding carboxylic acids is 1. The molecule has 3 rings (SSSR count). The molecule has 2 aliphatic rings. The van der Waals surface area contributed by atoms with Crippen LogP contribution in [-0.4, -0.2) is 16.9 Å². The first-order valence-corrected chi connectivity index (χ1v) is 5.17. The van der Waals surface area contributed by atoms with Crippen molar-refractivity contribution in [3.05, 3.63) is 34.8 Å². The van der Waals surface area contributed by atoms with E-state index in [0.717, 1.165) is 11.1 Å². The highest BCUT2D eigenvalue weighted by Gasteiger charge is 2.32. The summed E-state index contributed by atoms with van der Waals surface area (Å²) in [5, 5.41) is 2.35. The van der Waals surface area contributed by atoms with Gasteiger partial charge in [-0.05, 0) is 11.6 Å². The molecule has 0 radical (unpaired) electrons. The van der Waals surface area contributed by atoms with E-state index in [1.165, 1.54) is 22.6 Å². The molecule has 1 atom stereocenters. The zero-order valence-corrected chi connectivity index (χ0v) is 7.67. The smallest absolute Gasteiger partial charge is 0.218 e. The molecule has 0 bridgehead atoms. The molecular weight excluding hydrogens is 182 g/mol. The summed E-state index contributed by atoms with van der Waals surface area (Å²) in [5.41, 5.74) is 1.20. The van der Waals surface area contributed by atoms with Crippen molar-refractivity contribution < 1.29 is 4.79 Å². The molecule has 2 nitrogen and oxygen atoms in total. The van der Waals surface area contributed by atoms with Gasteiger partial charge < -0.3 is 0 Å². The number of benzene rings is 1. The normalized spacial score (nSPS) is 24.2. The summed E-state index contributed by atoms with van der Waals surface area (Å²) in [4.78, 5) is 15.8. The molecule has 2 aliphatic heterocycles. The lowest BCUT2D eigenvalue weighted by Crippen LogP contribution is -2.22. The Hall–Kier alpha value is -1.09. The Kier molecular flexibility index (Phi) is 1.38. The third kappa shape index (κ3) is 0.907. The molecular formula is C10H7NOS. The Morgan fingerprint density at radius 1 is 1.38 bits per heavy atom. The van der Waals surface area contributed by atoms with Crippen LogP contribution in [0.25, 0.3) is 5.57 Å². The van der Waals surface area contributed by atoms with Crippen LogP contribution in [0.15, 0.2) is 29.3 Å². The van der Waals surface area contributed by atoms with Crippen molar-refractivity contribution in [2.24, 2.45) is 4.99 Å². The second kappa shape index (κ2) is 2.45. The lowest BCUT2D eigenvalue weighted by molar-refractivity contribution is -0.110. The zero-order chi connectivity index (χ0) is 8.84. The third-order valence-electron chi connectivity index (χ3n) is 2.44. The molecule has 0 amide bonds. The number of hydrogen-bond acceptors (Lipinski definition) is 3. The van der Waals surface area contributed by atoms with Gasteiger partial charge in [0.2, 0.25) is 5.12 Å². The Morgan fingerprint density at radius 3 is 3.15 bits per heavy atom. The molecule has 1 aromatic rings. The fourth-order valence-electron chi connectivity index (χ4n) is 1.80. The molecule has 1 aromatic carbocycles. The summed E-state index contributed by atoms with van der Waals surface area (Å²) in [5.74, 6) is 0.823. The molecule has 0 saturated carbocycles. The quantitative estimate of drug-likeness (QED) is 0.580. The van der Waals surface area contributed by atoms with E-state index in [1.807, 2.05) is 24.3 Å². The minimum Gasteiger partial charge on any atom is -0.284 e. The summed E-state index contributed by atoms with van der Waals surface area (Å²) in [6.45, 7) is 0. The van der Waals surface area contributed by atoms with Gasteiger partial charge >= 0.3 is 0 Å². The first-order valence-electron chi connectivity index (χ1n) is 4.19. The molecule has 3 heteroatoms. The predicted molar refractivity (Wildman–Crippen MR) is 51.9 cm³/mol. The van der Waals surface area contributed by atoms with Crippen LogP contribution in [0.2, 0.25) is 0 Å². The number of para-hydroxylation sites is 1. The highest BCUT2D eigenvalue weighted by atomic mass is 32.2. The zero-order valence-electron chi connectivity index (χ0n) is 6.86. The first kappa shape index (κ1) is 7.33. The van der Waals surface area contributed by atoms with Gasteiger partial charge in [-0.15, -0.1) is 0 Å². The molecule has 1 saturated heterocycles. The predicted octanol–water partition coefficient (Wildman–Crippen LogP) is 0.113. The van der Waals surface area contributed by atoms with Gasteiger partial charge in [-0.3, -0.25) is 9.79 Å². The van der Waals surface area contributed by atoms with Crippen LogP contribution in [0, 0.1) is 0 Å².